The number of carboxylic acid groups (broad SMARTS) is 1. The fraction of sp³-hybridized carbons (Fsp3) is 0.818. The predicted molar refractivity (Wildman–Crippen MR) is 55.6 cm³/mol. The van der Waals surface area contributed by atoms with E-state index < -0.39 is 18.6 Å². The third-order valence-corrected chi connectivity index (χ3v) is 3.87. The highest BCUT2D eigenvalue weighted by Gasteiger charge is 2.43. The third-order valence-electron chi connectivity index (χ3n) is 3.87. The molecule has 2 fully saturated rings. The highest BCUT2D eigenvalue weighted by atomic mass is 16.4. The van der Waals surface area contributed by atoms with Gasteiger partial charge in [0.15, 0.2) is 0 Å². The van der Waals surface area contributed by atoms with Crippen LogP contribution in [0.2, 0.25) is 0 Å². The second kappa shape index (κ2) is 4.41. The first-order valence-electron chi connectivity index (χ1n) is 5.76. The highest BCUT2D eigenvalue weighted by Crippen LogP contribution is 2.48. The Morgan fingerprint density at radius 2 is 2.06 bits per heavy atom. The van der Waals surface area contributed by atoms with Crippen LogP contribution >= 0.6 is 0 Å². The number of carbonyl (C=O) groups excluding carboxylic acids is 1. The Morgan fingerprint density at radius 1 is 1.31 bits per heavy atom. The average Bonchev–Trinajstić information content (AvgIpc) is 2.86. The van der Waals surface area contributed by atoms with Gasteiger partial charge in [0, 0.05) is 5.92 Å². The topological polar surface area (TPSA) is 86.6 Å². The van der Waals surface area contributed by atoms with Crippen molar-refractivity contribution in [3.8, 4) is 0 Å². The van der Waals surface area contributed by atoms with Gasteiger partial charge in [-0.3, -0.25) is 4.79 Å². The summed E-state index contributed by atoms with van der Waals surface area (Å²) >= 11 is 0. The van der Waals surface area contributed by atoms with Crippen LogP contribution in [0.5, 0.6) is 0 Å². The smallest absolute Gasteiger partial charge is 0.328 e. The summed E-state index contributed by atoms with van der Waals surface area (Å²) in [4.78, 5) is 22.5. The van der Waals surface area contributed by atoms with Crippen molar-refractivity contribution in [2.24, 2.45) is 17.8 Å². The third kappa shape index (κ3) is 2.04. The lowest BCUT2D eigenvalue weighted by molar-refractivity contribution is -0.143. The molecule has 2 aliphatic carbocycles. The molecule has 5 heteroatoms. The van der Waals surface area contributed by atoms with E-state index in [1.807, 2.05) is 0 Å². The van der Waals surface area contributed by atoms with E-state index >= 15 is 0 Å². The quantitative estimate of drug-likeness (QED) is 0.630. The molecule has 2 saturated carbocycles. The van der Waals surface area contributed by atoms with Gasteiger partial charge in [-0.05, 0) is 31.1 Å². The van der Waals surface area contributed by atoms with E-state index in [2.05, 4.69) is 5.32 Å². The van der Waals surface area contributed by atoms with Crippen LogP contribution in [0.4, 0.5) is 0 Å². The molecular weight excluding hydrogens is 210 g/mol. The second-order valence-corrected chi connectivity index (χ2v) is 4.86. The number of carboxylic acids is 1. The summed E-state index contributed by atoms with van der Waals surface area (Å²) in [5, 5.41) is 20.0. The summed E-state index contributed by atoms with van der Waals surface area (Å²) in [6.07, 6.45) is 4.28. The number of aliphatic hydroxyl groups is 1. The highest BCUT2D eigenvalue weighted by molar-refractivity contribution is 5.85. The predicted octanol–water partition coefficient (Wildman–Crippen LogP) is -0.0157. The van der Waals surface area contributed by atoms with Crippen molar-refractivity contribution in [1.29, 1.82) is 0 Å². The number of carbonyl (C=O) groups is 2. The minimum atomic E-state index is -1.18. The van der Waals surface area contributed by atoms with Crippen molar-refractivity contribution in [3.63, 3.8) is 0 Å². The Morgan fingerprint density at radius 3 is 2.50 bits per heavy atom. The van der Waals surface area contributed by atoms with Gasteiger partial charge in [-0.2, -0.15) is 0 Å². The van der Waals surface area contributed by atoms with Crippen molar-refractivity contribution in [1.82, 2.24) is 5.32 Å². The maximum Gasteiger partial charge on any atom is 0.328 e. The van der Waals surface area contributed by atoms with Crippen molar-refractivity contribution in [3.05, 3.63) is 0 Å². The Kier molecular flexibility index (Phi) is 3.14. The van der Waals surface area contributed by atoms with Gasteiger partial charge in [0.2, 0.25) is 5.91 Å². The van der Waals surface area contributed by atoms with E-state index in [-0.39, 0.29) is 11.8 Å². The number of aliphatic hydroxyl groups excluding tert-OH is 1. The molecule has 2 rings (SSSR count). The molecule has 3 N–H and O–H groups in total. The number of amides is 1. The van der Waals surface area contributed by atoms with Crippen molar-refractivity contribution in [2.45, 2.75) is 31.7 Å². The number of aliphatic carboxylic acids is 1. The lowest BCUT2D eigenvalue weighted by Crippen LogP contribution is -2.46. The van der Waals surface area contributed by atoms with Crippen molar-refractivity contribution >= 4 is 11.9 Å². The lowest BCUT2D eigenvalue weighted by atomic mass is 9.88. The van der Waals surface area contributed by atoms with Crippen LogP contribution in [0.3, 0.4) is 0 Å². The Balaban J connectivity index is 1.90. The molecule has 1 amide bonds. The number of hydrogen-bond donors (Lipinski definition) is 3. The zero-order valence-corrected chi connectivity index (χ0v) is 9.06. The zero-order valence-electron chi connectivity index (χ0n) is 9.06. The Bertz CT molecular complexity index is 304. The fourth-order valence-corrected chi connectivity index (χ4v) is 3.03. The first-order chi connectivity index (χ1) is 7.61. The van der Waals surface area contributed by atoms with Crippen LogP contribution in [0.25, 0.3) is 0 Å². The minimum absolute atomic E-state index is 0.0350. The standard InChI is InChI=1S/C11H17NO4/c13-5-9(11(15)16)12-10(14)8-4-6-1-2-7(8)3-6/h6-9,13H,1-5H2,(H,12,14)(H,15,16)/t6?,7?,8?,9-/m0/s1. The number of rotatable bonds is 4. The first kappa shape index (κ1) is 11.4. The molecule has 0 radical (unpaired) electrons. The van der Waals surface area contributed by atoms with Crippen LogP contribution in [0.15, 0.2) is 0 Å². The van der Waals surface area contributed by atoms with Gasteiger partial charge >= 0.3 is 5.97 Å². The molecule has 0 aromatic rings. The molecule has 3 unspecified atom stereocenters. The molecule has 16 heavy (non-hydrogen) atoms. The van der Waals surface area contributed by atoms with Crippen LogP contribution in [0, 0.1) is 17.8 Å². The van der Waals surface area contributed by atoms with Crippen molar-refractivity contribution < 1.29 is 19.8 Å². The van der Waals surface area contributed by atoms with Gasteiger partial charge in [0.05, 0.1) is 6.61 Å². The summed E-state index contributed by atoms with van der Waals surface area (Å²) in [6, 6.07) is -1.16. The number of nitrogens with one attached hydrogen (secondary N) is 1. The van der Waals surface area contributed by atoms with Gasteiger partial charge in [-0.15, -0.1) is 0 Å². The molecule has 4 atom stereocenters. The maximum absolute atomic E-state index is 11.8. The molecule has 0 aromatic heterocycles. The molecule has 0 aliphatic heterocycles. The largest absolute Gasteiger partial charge is 0.480 e. The molecule has 2 aliphatic rings. The normalized spacial score (nSPS) is 33.7. The minimum Gasteiger partial charge on any atom is -0.480 e. The van der Waals surface area contributed by atoms with Gasteiger partial charge in [-0.25, -0.2) is 4.79 Å². The second-order valence-electron chi connectivity index (χ2n) is 4.86. The zero-order chi connectivity index (χ0) is 11.7. The number of hydrogen-bond acceptors (Lipinski definition) is 3. The summed E-state index contributed by atoms with van der Waals surface area (Å²) in [5.74, 6) is -0.337. The Hall–Kier alpha value is -1.10. The maximum atomic E-state index is 11.8. The van der Waals surface area contributed by atoms with Crippen LogP contribution in [0.1, 0.15) is 25.7 Å². The molecule has 0 spiro atoms. The van der Waals surface area contributed by atoms with Crippen LogP contribution in [-0.4, -0.2) is 34.7 Å². The van der Waals surface area contributed by atoms with Crippen molar-refractivity contribution in [2.75, 3.05) is 6.61 Å². The average molecular weight is 227 g/mol. The van der Waals surface area contributed by atoms with Gasteiger partial charge in [0.25, 0.3) is 0 Å². The van der Waals surface area contributed by atoms with Gasteiger partial charge in [0.1, 0.15) is 6.04 Å². The van der Waals surface area contributed by atoms with Gasteiger partial charge in [-0.1, -0.05) is 6.42 Å². The van der Waals surface area contributed by atoms with E-state index in [1.165, 1.54) is 6.42 Å². The lowest BCUT2D eigenvalue weighted by Gasteiger charge is -2.22. The van der Waals surface area contributed by atoms with Gasteiger partial charge < -0.3 is 15.5 Å². The van der Waals surface area contributed by atoms with E-state index in [1.54, 1.807) is 0 Å². The summed E-state index contributed by atoms with van der Waals surface area (Å²) in [5.41, 5.74) is 0. The number of fused-ring (bicyclic) bond motifs is 2. The van der Waals surface area contributed by atoms with Crippen LogP contribution in [-0.2, 0) is 9.59 Å². The molecule has 0 saturated heterocycles. The molecule has 90 valence electrons. The Labute approximate surface area is 93.8 Å². The fourth-order valence-electron chi connectivity index (χ4n) is 3.03. The summed E-state index contributed by atoms with van der Waals surface area (Å²) < 4.78 is 0. The monoisotopic (exact) mass is 227 g/mol. The molecule has 5 nitrogen and oxygen atoms in total. The summed E-state index contributed by atoms with van der Waals surface area (Å²) in [7, 11) is 0. The van der Waals surface area contributed by atoms with Crippen LogP contribution < -0.4 is 5.32 Å². The molecule has 0 heterocycles. The first-order valence-corrected chi connectivity index (χ1v) is 5.76. The summed E-state index contributed by atoms with van der Waals surface area (Å²) in [6.45, 7) is -0.554. The van der Waals surface area contributed by atoms with E-state index in [0.717, 1.165) is 19.3 Å². The molecule has 2 bridgehead atoms. The molecular formula is C11H17NO4. The SMILES string of the molecule is O=C(N[C@@H](CO)C(=O)O)C1CC2CCC1C2. The van der Waals surface area contributed by atoms with E-state index in [4.69, 9.17) is 10.2 Å². The van der Waals surface area contributed by atoms with E-state index in [0.29, 0.717) is 11.8 Å². The van der Waals surface area contributed by atoms with E-state index in [9.17, 15) is 9.59 Å². The molecule has 0 aromatic carbocycles.